The molecular formula is C8H20N4O3S. The van der Waals surface area contributed by atoms with E-state index in [9.17, 15) is 8.42 Å². The molecule has 1 atom stereocenters. The van der Waals surface area contributed by atoms with Gasteiger partial charge in [-0.3, -0.25) is 0 Å². The molecular weight excluding hydrogens is 232 g/mol. The molecule has 1 unspecified atom stereocenters. The summed E-state index contributed by atoms with van der Waals surface area (Å²) < 4.78 is 27.5. The van der Waals surface area contributed by atoms with E-state index in [4.69, 9.17) is 10.9 Å². The quantitative estimate of drug-likeness (QED) is 0.210. The summed E-state index contributed by atoms with van der Waals surface area (Å²) in [6.45, 7) is 5.92. The van der Waals surface area contributed by atoms with Gasteiger partial charge in [-0.25, -0.2) is 9.44 Å². The second-order valence-electron chi connectivity index (χ2n) is 4.02. The third-order valence-corrected chi connectivity index (χ3v) is 2.97. The highest BCUT2D eigenvalue weighted by atomic mass is 32.2. The van der Waals surface area contributed by atoms with Crippen LogP contribution in [0.25, 0.3) is 0 Å². The van der Waals surface area contributed by atoms with Crippen LogP contribution in [-0.4, -0.2) is 32.6 Å². The average Bonchev–Trinajstić information content (AvgIpc) is 2.22. The van der Waals surface area contributed by atoms with Gasteiger partial charge in [0.05, 0.1) is 0 Å². The van der Waals surface area contributed by atoms with E-state index < -0.39 is 10.2 Å². The summed E-state index contributed by atoms with van der Waals surface area (Å²) in [5.41, 5.74) is 5.31. The molecule has 0 rings (SSSR count). The second kappa shape index (κ2) is 6.66. The molecule has 0 spiro atoms. The van der Waals surface area contributed by atoms with Crippen molar-refractivity contribution in [3.8, 4) is 0 Å². The molecule has 0 aromatic rings. The number of amidine groups is 1. The van der Waals surface area contributed by atoms with Crippen molar-refractivity contribution in [2.24, 2.45) is 22.7 Å². The van der Waals surface area contributed by atoms with Crippen molar-refractivity contribution < 1.29 is 13.6 Å². The maximum absolute atomic E-state index is 11.4. The summed E-state index contributed by atoms with van der Waals surface area (Å²) >= 11 is 0. The van der Waals surface area contributed by atoms with Crippen molar-refractivity contribution in [2.45, 2.75) is 20.8 Å². The Balaban J connectivity index is 4.09. The molecule has 0 saturated carbocycles. The van der Waals surface area contributed by atoms with Gasteiger partial charge in [0.15, 0.2) is 0 Å². The Kier molecular flexibility index (Phi) is 6.31. The van der Waals surface area contributed by atoms with E-state index in [1.807, 2.05) is 13.8 Å². The first kappa shape index (κ1) is 15.1. The molecule has 0 saturated heterocycles. The van der Waals surface area contributed by atoms with Crippen LogP contribution in [0.15, 0.2) is 5.16 Å². The van der Waals surface area contributed by atoms with Crippen molar-refractivity contribution >= 4 is 16.0 Å². The van der Waals surface area contributed by atoms with Gasteiger partial charge in [-0.15, -0.1) is 0 Å². The summed E-state index contributed by atoms with van der Waals surface area (Å²) in [5, 5.41) is 11.2. The fourth-order valence-corrected chi connectivity index (χ4v) is 1.89. The third-order valence-electron chi connectivity index (χ3n) is 1.88. The number of hydrogen-bond acceptors (Lipinski definition) is 4. The zero-order valence-corrected chi connectivity index (χ0v) is 10.6. The third kappa shape index (κ3) is 6.59. The van der Waals surface area contributed by atoms with Crippen LogP contribution in [0.3, 0.4) is 0 Å². The molecule has 0 aromatic heterocycles. The van der Waals surface area contributed by atoms with Crippen LogP contribution >= 0.6 is 0 Å². The summed E-state index contributed by atoms with van der Waals surface area (Å²) in [7, 11) is -3.51. The van der Waals surface area contributed by atoms with Gasteiger partial charge < -0.3 is 10.9 Å². The minimum Gasteiger partial charge on any atom is -0.409 e. The summed E-state index contributed by atoms with van der Waals surface area (Å²) in [4.78, 5) is 0. The van der Waals surface area contributed by atoms with E-state index >= 15 is 0 Å². The predicted octanol–water partition coefficient (Wildman–Crippen LogP) is -0.551. The highest BCUT2D eigenvalue weighted by molar-refractivity contribution is 7.87. The Morgan fingerprint density at radius 3 is 2.25 bits per heavy atom. The lowest BCUT2D eigenvalue weighted by molar-refractivity contribution is 0.314. The van der Waals surface area contributed by atoms with E-state index in [1.165, 1.54) is 0 Å². The number of nitrogens with one attached hydrogen (secondary N) is 2. The van der Waals surface area contributed by atoms with Crippen molar-refractivity contribution in [3.63, 3.8) is 0 Å². The second-order valence-corrected chi connectivity index (χ2v) is 5.60. The average molecular weight is 252 g/mol. The normalized spacial score (nSPS) is 15.4. The highest BCUT2D eigenvalue weighted by Gasteiger charge is 2.13. The van der Waals surface area contributed by atoms with Gasteiger partial charge in [-0.1, -0.05) is 25.9 Å². The van der Waals surface area contributed by atoms with E-state index in [-0.39, 0.29) is 24.2 Å². The van der Waals surface area contributed by atoms with Crippen LogP contribution < -0.4 is 15.2 Å². The molecule has 0 radical (unpaired) electrons. The predicted molar refractivity (Wildman–Crippen MR) is 62.3 cm³/mol. The van der Waals surface area contributed by atoms with Crippen LogP contribution in [0.2, 0.25) is 0 Å². The van der Waals surface area contributed by atoms with Gasteiger partial charge in [0.25, 0.3) is 10.2 Å². The monoisotopic (exact) mass is 252 g/mol. The summed E-state index contributed by atoms with van der Waals surface area (Å²) in [6.07, 6.45) is 0. The molecule has 0 aliphatic carbocycles. The topological polar surface area (TPSA) is 117 Å². The first-order valence-electron chi connectivity index (χ1n) is 5.00. The minimum atomic E-state index is -3.51. The van der Waals surface area contributed by atoms with E-state index in [2.05, 4.69) is 14.6 Å². The van der Waals surface area contributed by atoms with Crippen molar-refractivity contribution in [1.82, 2.24) is 9.44 Å². The molecule has 0 heterocycles. The van der Waals surface area contributed by atoms with Crippen LogP contribution in [-0.2, 0) is 10.2 Å². The number of oxime groups is 1. The first-order chi connectivity index (χ1) is 7.28. The molecule has 16 heavy (non-hydrogen) atoms. The number of nitrogens with two attached hydrogens (primary N) is 1. The SMILES string of the molecule is CC(C)CNS(=O)(=O)NCC(C)C(N)=NO. The number of nitrogens with zero attached hydrogens (tertiary/aromatic N) is 1. The highest BCUT2D eigenvalue weighted by Crippen LogP contribution is 1.94. The Morgan fingerprint density at radius 2 is 1.81 bits per heavy atom. The molecule has 0 aliphatic rings. The molecule has 5 N–H and O–H groups in total. The van der Waals surface area contributed by atoms with Gasteiger partial charge in [0.2, 0.25) is 0 Å². The van der Waals surface area contributed by atoms with Gasteiger partial charge in [0.1, 0.15) is 5.84 Å². The van der Waals surface area contributed by atoms with Crippen molar-refractivity contribution in [1.29, 1.82) is 0 Å². The molecule has 7 nitrogen and oxygen atoms in total. The molecule has 96 valence electrons. The van der Waals surface area contributed by atoms with E-state index in [0.717, 1.165) is 0 Å². The molecule has 0 bridgehead atoms. The largest absolute Gasteiger partial charge is 0.409 e. The zero-order valence-electron chi connectivity index (χ0n) is 9.77. The van der Waals surface area contributed by atoms with Gasteiger partial charge in [-0.2, -0.15) is 8.42 Å². The lowest BCUT2D eigenvalue weighted by Crippen LogP contribution is -2.42. The van der Waals surface area contributed by atoms with Crippen molar-refractivity contribution in [3.05, 3.63) is 0 Å². The molecule has 0 aromatic carbocycles. The standard InChI is InChI=1S/C8H20N4O3S/c1-6(2)4-10-16(14,15)11-5-7(3)8(9)12-13/h6-7,10-11,13H,4-5H2,1-3H3,(H2,9,12). The van der Waals surface area contributed by atoms with Crippen molar-refractivity contribution in [2.75, 3.05) is 13.1 Å². The van der Waals surface area contributed by atoms with Crippen LogP contribution in [0, 0.1) is 11.8 Å². The minimum absolute atomic E-state index is 0.00782. The lowest BCUT2D eigenvalue weighted by atomic mass is 10.2. The Hall–Kier alpha value is -0.860. The molecule has 0 aliphatic heterocycles. The Bertz CT molecular complexity index is 326. The lowest BCUT2D eigenvalue weighted by Gasteiger charge is -2.13. The summed E-state index contributed by atoms with van der Waals surface area (Å²) in [6, 6.07) is 0. The Morgan fingerprint density at radius 1 is 1.31 bits per heavy atom. The Labute approximate surface area is 96.3 Å². The molecule has 8 heteroatoms. The number of rotatable bonds is 7. The zero-order chi connectivity index (χ0) is 12.8. The van der Waals surface area contributed by atoms with Gasteiger partial charge in [-0.05, 0) is 5.92 Å². The maximum atomic E-state index is 11.4. The van der Waals surface area contributed by atoms with Gasteiger partial charge in [0, 0.05) is 19.0 Å². The molecule has 0 amide bonds. The smallest absolute Gasteiger partial charge is 0.276 e. The molecule has 0 fully saturated rings. The maximum Gasteiger partial charge on any atom is 0.276 e. The van der Waals surface area contributed by atoms with E-state index in [0.29, 0.717) is 6.54 Å². The fourth-order valence-electron chi connectivity index (χ4n) is 0.765. The van der Waals surface area contributed by atoms with Crippen LogP contribution in [0.5, 0.6) is 0 Å². The fraction of sp³-hybridized carbons (Fsp3) is 0.875. The first-order valence-corrected chi connectivity index (χ1v) is 6.48. The van der Waals surface area contributed by atoms with Crippen LogP contribution in [0.1, 0.15) is 20.8 Å². The summed E-state index contributed by atoms with van der Waals surface area (Å²) in [5.74, 6) is -0.134. The van der Waals surface area contributed by atoms with Crippen LogP contribution in [0.4, 0.5) is 0 Å². The van der Waals surface area contributed by atoms with E-state index in [1.54, 1.807) is 6.92 Å². The number of hydrogen-bond donors (Lipinski definition) is 4. The van der Waals surface area contributed by atoms with Gasteiger partial charge >= 0.3 is 0 Å².